The number of rotatable bonds is 10. The number of aliphatic imine (C=N–C) groups is 1. The van der Waals surface area contributed by atoms with E-state index in [0.29, 0.717) is 12.6 Å². The molecule has 0 saturated heterocycles. The Morgan fingerprint density at radius 3 is 2.74 bits per heavy atom. The normalized spacial score (nSPS) is 17.1. The standard InChI is InChI=1S/C20H38N6S/c1-16(11-12-18-9-6-5-7-10-18)23-20(21-13-8-14-27-4)22-15-19-25-24-17(2)26(19)3/h16,18H,5-15H2,1-4H3,(H2,21,22,23). The first-order chi connectivity index (χ1) is 13.1. The SMILES string of the molecule is CSCCCNC(=NCc1nnc(C)n1C)NC(C)CCC1CCCCC1. The summed E-state index contributed by atoms with van der Waals surface area (Å²) in [5.41, 5.74) is 0. The molecule has 0 bridgehead atoms. The quantitative estimate of drug-likeness (QED) is 0.360. The third-order valence-electron chi connectivity index (χ3n) is 5.49. The first kappa shape index (κ1) is 22.1. The van der Waals surface area contributed by atoms with Gasteiger partial charge in [-0.15, -0.1) is 10.2 Å². The molecule has 0 amide bonds. The maximum absolute atomic E-state index is 4.76. The summed E-state index contributed by atoms with van der Waals surface area (Å²) in [6, 6.07) is 0.431. The topological polar surface area (TPSA) is 67.1 Å². The fourth-order valence-electron chi connectivity index (χ4n) is 3.58. The van der Waals surface area contributed by atoms with E-state index in [4.69, 9.17) is 4.99 Å². The Morgan fingerprint density at radius 2 is 2.07 bits per heavy atom. The molecule has 7 heteroatoms. The predicted octanol–water partition coefficient (Wildman–Crippen LogP) is 3.66. The second kappa shape index (κ2) is 12.3. The van der Waals surface area contributed by atoms with Crippen LogP contribution in [-0.2, 0) is 13.6 Å². The van der Waals surface area contributed by atoms with Crippen molar-refractivity contribution in [3.8, 4) is 0 Å². The summed E-state index contributed by atoms with van der Waals surface area (Å²) in [6.45, 7) is 5.73. The van der Waals surface area contributed by atoms with Crippen LogP contribution in [0.1, 0.15) is 69.9 Å². The van der Waals surface area contributed by atoms with Gasteiger partial charge in [-0.3, -0.25) is 0 Å². The van der Waals surface area contributed by atoms with Crippen LogP contribution in [0.5, 0.6) is 0 Å². The van der Waals surface area contributed by atoms with Crippen molar-refractivity contribution in [3.63, 3.8) is 0 Å². The summed E-state index contributed by atoms with van der Waals surface area (Å²) in [6.07, 6.45) is 13.0. The van der Waals surface area contributed by atoms with Crippen molar-refractivity contribution in [3.05, 3.63) is 11.6 Å². The lowest BCUT2D eigenvalue weighted by Gasteiger charge is -2.24. The van der Waals surface area contributed by atoms with Crippen LogP contribution in [0.4, 0.5) is 0 Å². The van der Waals surface area contributed by atoms with Crippen LogP contribution in [-0.4, -0.2) is 45.3 Å². The van der Waals surface area contributed by atoms with Crippen LogP contribution in [0.25, 0.3) is 0 Å². The molecule has 6 nitrogen and oxygen atoms in total. The molecule has 154 valence electrons. The molecule has 1 fully saturated rings. The van der Waals surface area contributed by atoms with E-state index >= 15 is 0 Å². The lowest BCUT2D eigenvalue weighted by atomic mass is 9.85. The molecule has 1 heterocycles. The van der Waals surface area contributed by atoms with Crippen LogP contribution in [0.3, 0.4) is 0 Å². The summed E-state index contributed by atoms with van der Waals surface area (Å²) in [7, 11) is 1.99. The second-order valence-corrected chi connectivity index (χ2v) is 8.77. The van der Waals surface area contributed by atoms with E-state index in [2.05, 4.69) is 34.0 Å². The van der Waals surface area contributed by atoms with E-state index in [1.807, 2.05) is 30.3 Å². The number of thioether (sulfide) groups is 1. The Balaban J connectivity index is 1.85. The summed E-state index contributed by atoms with van der Waals surface area (Å²) in [4.78, 5) is 4.76. The zero-order valence-electron chi connectivity index (χ0n) is 17.6. The highest BCUT2D eigenvalue weighted by atomic mass is 32.2. The van der Waals surface area contributed by atoms with Crippen LogP contribution in [0, 0.1) is 12.8 Å². The Bertz CT molecular complexity index is 565. The van der Waals surface area contributed by atoms with Crippen LogP contribution in [0.2, 0.25) is 0 Å². The fraction of sp³-hybridized carbons (Fsp3) is 0.850. The second-order valence-electron chi connectivity index (χ2n) is 7.79. The van der Waals surface area contributed by atoms with Crippen molar-refractivity contribution >= 4 is 17.7 Å². The minimum absolute atomic E-state index is 0.431. The van der Waals surface area contributed by atoms with Gasteiger partial charge in [0.2, 0.25) is 0 Å². The van der Waals surface area contributed by atoms with Crippen LogP contribution >= 0.6 is 11.8 Å². The number of nitrogens with one attached hydrogen (secondary N) is 2. The maximum atomic E-state index is 4.76. The maximum Gasteiger partial charge on any atom is 0.191 e. The van der Waals surface area contributed by atoms with Crippen LogP contribution in [0.15, 0.2) is 4.99 Å². The van der Waals surface area contributed by atoms with Crippen molar-refractivity contribution in [1.29, 1.82) is 0 Å². The van der Waals surface area contributed by atoms with Crippen molar-refractivity contribution in [2.75, 3.05) is 18.6 Å². The molecule has 0 spiro atoms. The first-order valence-corrected chi connectivity index (χ1v) is 11.9. The third-order valence-corrected chi connectivity index (χ3v) is 6.19. The minimum atomic E-state index is 0.431. The lowest BCUT2D eigenvalue weighted by molar-refractivity contribution is 0.322. The molecule has 27 heavy (non-hydrogen) atoms. The number of aromatic nitrogens is 3. The summed E-state index contributed by atoms with van der Waals surface area (Å²) < 4.78 is 2.00. The van der Waals surface area contributed by atoms with Gasteiger partial charge in [0.05, 0.1) is 0 Å². The van der Waals surface area contributed by atoms with Gasteiger partial charge < -0.3 is 15.2 Å². The predicted molar refractivity (Wildman–Crippen MR) is 116 cm³/mol. The first-order valence-electron chi connectivity index (χ1n) is 10.5. The average molecular weight is 395 g/mol. The van der Waals surface area contributed by atoms with E-state index in [0.717, 1.165) is 36.5 Å². The summed E-state index contributed by atoms with van der Waals surface area (Å²) >= 11 is 1.88. The molecule has 1 aliphatic carbocycles. The van der Waals surface area contributed by atoms with Gasteiger partial charge in [0.1, 0.15) is 12.4 Å². The molecule has 1 saturated carbocycles. The monoisotopic (exact) mass is 394 g/mol. The smallest absolute Gasteiger partial charge is 0.191 e. The molecule has 0 aliphatic heterocycles. The molecular formula is C20H38N6S. The Kier molecular flexibility index (Phi) is 10.0. The van der Waals surface area contributed by atoms with Gasteiger partial charge in [0.15, 0.2) is 11.8 Å². The van der Waals surface area contributed by atoms with Crippen molar-refractivity contribution < 1.29 is 0 Å². The van der Waals surface area contributed by atoms with Crippen molar-refractivity contribution in [1.82, 2.24) is 25.4 Å². The van der Waals surface area contributed by atoms with E-state index in [1.54, 1.807) is 0 Å². The van der Waals surface area contributed by atoms with E-state index in [9.17, 15) is 0 Å². The van der Waals surface area contributed by atoms with Gasteiger partial charge in [-0.2, -0.15) is 11.8 Å². The highest BCUT2D eigenvalue weighted by Crippen LogP contribution is 2.27. The number of nitrogens with zero attached hydrogens (tertiary/aromatic N) is 4. The van der Waals surface area contributed by atoms with E-state index in [1.165, 1.54) is 50.7 Å². The van der Waals surface area contributed by atoms with Gasteiger partial charge in [-0.05, 0) is 51.0 Å². The van der Waals surface area contributed by atoms with E-state index < -0.39 is 0 Å². The Hall–Kier alpha value is -1.24. The minimum Gasteiger partial charge on any atom is -0.356 e. The molecule has 1 atom stereocenters. The Labute approximate surface area is 169 Å². The highest BCUT2D eigenvalue weighted by Gasteiger charge is 2.15. The molecule has 2 N–H and O–H groups in total. The van der Waals surface area contributed by atoms with Crippen molar-refractivity contribution in [2.45, 2.75) is 77.8 Å². The fourth-order valence-corrected chi connectivity index (χ4v) is 4.01. The lowest BCUT2D eigenvalue weighted by Crippen LogP contribution is -2.43. The zero-order chi connectivity index (χ0) is 19.5. The van der Waals surface area contributed by atoms with Gasteiger partial charge >= 0.3 is 0 Å². The Morgan fingerprint density at radius 1 is 1.30 bits per heavy atom. The van der Waals surface area contributed by atoms with Gasteiger partial charge in [0.25, 0.3) is 0 Å². The summed E-state index contributed by atoms with van der Waals surface area (Å²) in [5.74, 6) is 4.81. The number of hydrogen-bond acceptors (Lipinski definition) is 4. The van der Waals surface area contributed by atoms with E-state index in [-0.39, 0.29) is 0 Å². The number of guanidine groups is 1. The highest BCUT2D eigenvalue weighted by molar-refractivity contribution is 7.98. The molecule has 0 radical (unpaired) electrons. The van der Waals surface area contributed by atoms with Crippen molar-refractivity contribution in [2.24, 2.45) is 18.0 Å². The molecule has 1 aromatic heterocycles. The molecule has 0 aromatic carbocycles. The number of aryl methyl sites for hydroxylation is 1. The molecule has 2 rings (SSSR count). The average Bonchev–Trinajstić information content (AvgIpc) is 3.00. The number of hydrogen-bond donors (Lipinski definition) is 2. The molecular weight excluding hydrogens is 356 g/mol. The van der Waals surface area contributed by atoms with Crippen LogP contribution < -0.4 is 10.6 Å². The molecule has 1 aliphatic rings. The largest absolute Gasteiger partial charge is 0.356 e. The third kappa shape index (κ3) is 8.11. The summed E-state index contributed by atoms with van der Waals surface area (Å²) in [5, 5.41) is 15.4. The molecule has 1 aromatic rings. The van der Waals surface area contributed by atoms with Gasteiger partial charge in [-0.1, -0.05) is 32.1 Å². The van der Waals surface area contributed by atoms with Gasteiger partial charge in [-0.25, -0.2) is 4.99 Å². The molecule has 1 unspecified atom stereocenters. The zero-order valence-corrected chi connectivity index (χ0v) is 18.4. The van der Waals surface area contributed by atoms with Gasteiger partial charge in [0, 0.05) is 19.6 Å².